The molecule has 0 amide bonds. The Morgan fingerprint density at radius 3 is 2.48 bits per heavy atom. The van der Waals surface area contributed by atoms with Crippen LogP contribution in [0.15, 0.2) is 47.6 Å². The van der Waals surface area contributed by atoms with Crippen LogP contribution >= 0.6 is 0 Å². The van der Waals surface area contributed by atoms with Gasteiger partial charge < -0.3 is 9.84 Å². The average Bonchev–Trinajstić information content (AvgIpc) is 2.79. The normalized spacial score (nSPS) is 16.0. The number of ether oxygens (including phenoxy) is 1. The van der Waals surface area contributed by atoms with Crippen LogP contribution in [0.2, 0.25) is 0 Å². The fourth-order valence-electron chi connectivity index (χ4n) is 4.00. The fraction of sp³-hybridized carbons (Fsp3) is 0.400. The van der Waals surface area contributed by atoms with Crippen molar-refractivity contribution in [3.63, 3.8) is 0 Å². The Labute approximate surface area is 191 Å². The molecule has 1 N–H and O–H groups in total. The molecule has 1 aromatic heterocycles. The average molecular weight is 460 g/mol. The van der Waals surface area contributed by atoms with Crippen LogP contribution in [0.25, 0.3) is 10.9 Å². The quantitative estimate of drug-likeness (QED) is 0.444. The lowest BCUT2D eigenvalue weighted by Crippen LogP contribution is -2.53. The molecule has 0 radical (unpaired) electrons. The van der Waals surface area contributed by atoms with E-state index in [0.717, 1.165) is 5.56 Å². The second-order valence-corrected chi connectivity index (χ2v) is 8.18. The number of halogens is 3. The highest BCUT2D eigenvalue weighted by molar-refractivity contribution is 5.91. The predicted octanol–water partition coefficient (Wildman–Crippen LogP) is 5.94. The molecular formula is C25H28F3N3O2. The molecule has 33 heavy (non-hydrogen) atoms. The Hall–Kier alpha value is -3.00. The molecule has 8 heteroatoms. The first-order valence-corrected chi connectivity index (χ1v) is 10.8. The van der Waals surface area contributed by atoms with Crippen molar-refractivity contribution in [1.82, 2.24) is 9.97 Å². The third kappa shape index (κ3) is 4.71. The number of fused-ring (bicyclic) bond motifs is 1. The number of methoxy groups -OCH3 is 1. The van der Waals surface area contributed by atoms with Gasteiger partial charge in [0.15, 0.2) is 5.60 Å². The summed E-state index contributed by atoms with van der Waals surface area (Å²) in [5, 5.41) is 11.5. The molecule has 3 aromatic rings. The zero-order valence-electron chi connectivity index (χ0n) is 19.3. The maximum Gasteiger partial charge on any atom is 0.422 e. The van der Waals surface area contributed by atoms with Gasteiger partial charge in [-0.05, 0) is 42.5 Å². The summed E-state index contributed by atoms with van der Waals surface area (Å²) in [7, 11) is 1.50. The van der Waals surface area contributed by atoms with Gasteiger partial charge in [0.2, 0.25) is 0 Å². The minimum atomic E-state index is -4.95. The van der Waals surface area contributed by atoms with Crippen LogP contribution in [0.4, 0.5) is 18.9 Å². The lowest BCUT2D eigenvalue weighted by atomic mass is 9.76. The Kier molecular flexibility index (Phi) is 7.07. The zero-order chi connectivity index (χ0) is 24.4. The molecule has 3 atom stereocenters. The lowest BCUT2D eigenvalue weighted by molar-refractivity contribution is -0.246. The maximum atomic E-state index is 14.2. The summed E-state index contributed by atoms with van der Waals surface area (Å²) in [6.45, 7) is 6.70. The molecule has 3 unspecified atom stereocenters. The first-order valence-electron chi connectivity index (χ1n) is 10.8. The van der Waals surface area contributed by atoms with Gasteiger partial charge in [-0.15, -0.1) is 0 Å². The Bertz CT molecular complexity index is 1160. The molecule has 5 nitrogen and oxygen atoms in total. The van der Waals surface area contributed by atoms with Crippen molar-refractivity contribution in [3.8, 4) is 5.75 Å². The first kappa shape index (κ1) is 24.6. The molecule has 0 aliphatic rings. The van der Waals surface area contributed by atoms with Crippen LogP contribution in [0.1, 0.15) is 43.6 Å². The second-order valence-electron chi connectivity index (χ2n) is 8.18. The molecule has 0 bridgehead atoms. The van der Waals surface area contributed by atoms with Gasteiger partial charge in [0.05, 0.1) is 18.3 Å². The van der Waals surface area contributed by atoms with Crippen molar-refractivity contribution in [1.29, 1.82) is 0 Å². The molecule has 1 heterocycles. The summed E-state index contributed by atoms with van der Waals surface area (Å²) >= 11 is 0. The highest BCUT2D eigenvalue weighted by Crippen LogP contribution is 2.44. The Morgan fingerprint density at radius 2 is 1.85 bits per heavy atom. The topological polar surface area (TPSA) is 67.6 Å². The van der Waals surface area contributed by atoms with E-state index < -0.39 is 23.6 Å². The SMILES string of the molecule is CCc1cccc(C(C)C(C)C(O)(/C=N/c2cccc3nc(C)ncc23)C(F)(F)F)c1OC. The molecule has 0 saturated carbocycles. The number of hydrogen-bond acceptors (Lipinski definition) is 5. The van der Waals surface area contributed by atoms with E-state index in [1.807, 2.05) is 13.0 Å². The standard InChI is InChI=1S/C25H28F3N3O2/c1-6-18-9-7-10-19(23(18)33-5)15(2)16(3)24(32,25(26,27)28)14-30-21-11-8-12-22-20(21)13-29-17(4)31-22/h7-16,32H,6H2,1-5H3/b30-14+. The van der Waals surface area contributed by atoms with Crippen molar-refractivity contribution in [3.05, 3.63) is 59.5 Å². The van der Waals surface area contributed by atoms with Crippen molar-refractivity contribution in [2.75, 3.05) is 7.11 Å². The zero-order valence-corrected chi connectivity index (χ0v) is 19.3. The van der Waals surface area contributed by atoms with Gasteiger partial charge in [-0.25, -0.2) is 9.97 Å². The highest BCUT2D eigenvalue weighted by atomic mass is 19.4. The van der Waals surface area contributed by atoms with E-state index in [0.29, 0.717) is 40.7 Å². The van der Waals surface area contributed by atoms with Crippen molar-refractivity contribution in [2.45, 2.75) is 51.8 Å². The minimum Gasteiger partial charge on any atom is -0.496 e. The van der Waals surface area contributed by atoms with E-state index in [4.69, 9.17) is 4.74 Å². The number of aryl methyl sites for hydroxylation is 2. The van der Waals surface area contributed by atoms with Gasteiger partial charge in [-0.2, -0.15) is 13.2 Å². The highest BCUT2D eigenvalue weighted by Gasteiger charge is 2.57. The van der Waals surface area contributed by atoms with Crippen molar-refractivity contribution < 1.29 is 23.0 Å². The molecule has 0 fully saturated rings. The Balaban J connectivity index is 2.05. The third-order valence-corrected chi connectivity index (χ3v) is 6.22. The summed E-state index contributed by atoms with van der Waals surface area (Å²) in [5.41, 5.74) is -0.859. The van der Waals surface area contributed by atoms with Crippen LogP contribution in [-0.2, 0) is 6.42 Å². The van der Waals surface area contributed by atoms with Crippen LogP contribution in [0.3, 0.4) is 0 Å². The van der Waals surface area contributed by atoms with Gasteiger partial charge in [-0.1, -0.05) is 45.0 Å². The van der Waals surface area contributed by atoms with Crippen LogP contribution in [0, 0.1) is 12.8 Å². The maximum absolute atomic E-state index is 14.2. The number of para-hydroxylation sites is 1. The van der Waals surface area contributed by atoms with Crippen molar-refractivity contribution in [2.24, 2.45) is 10.9 Å². The third-order valence-electron chi connectivity index (χ3n) is 6.22. The van der Waals surface area contributed by atoms with E-state index in [2.05, 4.69) is 15.0 Å². The van der Waals surface area contributed by atoms with Gasteiger partial charge in [-0.3, -0.25) is 4.99 Å². The Morgan fingerprint density at radius 1 is 1.15 bits per heavy atom. The molecular weight excluding hydrogens is 431 g/mol. The molecule has 0 spiro atoms. The first-order chi connectivity index (χ1) is 15.5. The van der Waals surface area contributed by atoms with Gasteiger partial charge >= 0.3 is 6.18 Å². The lowest BCUT2D eigenvalue weighted by Gasteiger charge is -2.36. The molecule has 0 saturated heterocycles. The monoisotopic (exact) mass is 459 g/mol. The number of rotatable bonds is 7. The summed E-state index contributed by atoms with van der Waals surface area (Å²) in [6.07, 6.45) is -2.16. The number of alkyl halides is 3. The largest absolute Gasteiger partial charge is 0.496 e. The summed E-state index contributed by atoms with van der Waals surface area (Å²) < 4.78 is 48.2. The van der Waals surface area contributed by atoms with Crippen molar-refractivity contribution >= 4 is 22.8 Å². The second kappa shape index (κ2) is 9.47. The molecule has 0 aliphatic heterocycles. The summed E-state index contributed by atoms with van der Waals surface area (Å²) in [4.78, 5) is 12.5. The summed E-state index contributed by atoms with van der Waals surface area (Å²) in [6, 6.07) is 10.4. The van der Waals surface area contributed by atoms with Crippen LogP contribution in [0.5, 0.6) is 5.75 Å². The van der Waals surface area contributed by atoms with Gasteiger partial charge in [0.1, 0.15) is 11.6 Å². The molecule has 3 rings (SSSR count). The van der Waals surface area contributed by atoms with Gasteiger partial charge in [0.25, 0.3) is 0 Å². The molecule has 2 aromatic carbocycles. The van der Waals surface area contributed by atoms with Gasteiger partial charge in [0, 0.05) is 23.7 Å². The number of benzene rings is 2. The van der Waals surface area contributed by atoms with E-state index in [1.54, 1.807) is 44.2 Å². The number of hydrogen-bond donors (Lipinski definition) is 1. The van der Waals surface area contributed by atoms with E-state index in [-0.39, 0.29) is 5.69 Å². The number of nitrogens with zero attached hydrogens (tertiary/aromatic N) is 3. The predicted molar refractivity (Wildman–Crippen MR) is 123 cm³/mol. The van der Waals surface area contributed by atoms with Crippen LogP contribution < -0.4 is 4.74 Å². The van der Waals surface area contributed by atoms with E-state index in [1.165, 1.54) is 20.2 Å². The van der Waals surface area contributed by atoms with E-state index >= 15 is 0 Å². The fourth-order valence-corrected chi connectivity index (χ4v) is 4.00. The van der Waals surface area contributed by atoms with E-state index in [9.17, 15) is 18.3 Å². The molecule has 0 aliphatic carbocycles. The number of aliphatic imine (C=N–C) groups is 1. The number of aliphatic hydroxyl groups is 1. The number of aromatic nitrogens is 2. The molecule has 176 valence electrons. The summed E-state index contributed by atoms with van der Waals surface area (Å²) in [5.74, 6) is -0.845. The van der Waals surface area contributed by atoms with Crippen LogP contribution in [-0.4, -0.2) is 40.2 Å². The smallest absolute Gasteiger partial charge is 0.422 e. The minimum absolute atomic E-state index is 0.251.